The van der Waals surface area contributed by atoms with Crippen LogP contribution in [0.3, 0.4) is 0 Å². The Morgan fingerprint density at radius 3 is 2.60 bits per heavy atom. The number of amides is 1. The molecule has 1 amide bonds. The van der Waals surface area contributed by atoms with Crippen molar-refractivity contribution < 1.29 is 18.0 Å². The Morgan fingerprint density at radius 2 is 2.05 bits per heavy atom. The zero-order valence-corrected chi connectivity index (χ0v) is 13.9. The summed E-state index contributed by atoms with van der Waals surface area (Å²) < 4.78 is 38.2. The summed E-state index contributed by atoms with van der Waals surface area (Å²) in [6, 6.07) is 3.03. The molecule has 1 aromatic carbocycles. The fraction of sp³-hybridized carbons (Fsp3) is 0.462. The van der Waals surface area contributed by atoms with Crippen LogP contribution in [0.4, 0.5) is 13.2 Å². The first kappa shape index (κ1) is 17.5. The Balaban J connectivity index is 2.72. The molecule has 2 nitrogen and oxygen atoms in total. The van der Waals surface area contributed by atoms with Crippen LogP contribution in [0.5, 0.6) is 0 Å². The summed E-state index contributed by atoms with van der Waals surface area (Å²) in [5.74, 6) is -0.509. The van der Waals surface area contributed by atoms with E-state index in [1.165, 1.54) is 6.07 Å². The summed E-state index contributed by atoms with van der Waals surface area (Å²) in [6.07, 6.45) is -2.82. The molecule has 1 unspecified atom stereocenters. The van der Waals surface area contributed by atoms with Crippen molar-refractivity contribution in [2.75, 3.05) is 6.54 Å². The van der Waals surface area contributed by atoms with Crippen LogP contribution in [0, 0.1) is 0 Å². The lowest BCUT2D eigenvalue weighted by atomic mass is 10.1. The molecule has 0 spiro atoms. The van der Waals surface area contributed by atoms with Gasteiger partial charge in [0, 0.05) is 15.8 Å². The van der Waals surface area contributed by atoms with Crippen LogP contribution < -0.4 is 5.32 Å². The third-order valence-corrected chi connectivity index (χ3v) is 3.75. The predicted molar refractivity (Wildman–Crippen MR) is 79.1 cm³/mol. The van der Waals surface area contributed by atoms with Crippen molar-refractivity contribution >= 4 is 37.8 Å². The van der Waals surface area contributed by atoms with E-state index in [0.717, 1.165) is 25.0 Å². The van der Waals surface area contributed by atoms with Gasteiger partial charge in [-0.25, -0.2) is 0 Å². The third kappa shape index (κ3) is 5.44. The minimum absolute atomic E-state index is 0.00767. The van der Waals surface area contributed by atoms with Crippen LogP contribution in [0.1, 0.15) is 35.7 Å². The molecule has 0 aliphatic heterocycles. The van der Waals surface area contributed by atoms with Gasteiger partial charge in [0.05, 0.1) is 11.1 Å². The summed E-state index contributed by atoms with van der Waals surface area (Å²) >= 11 is 6.48. The number of rotatable bonds is 5. The van der Waals surface area contributed by atoms with Crippen LogP contribution in [-0.4, -0.2) is 17.3 Å². The van der Waals surface area contributed by atoms with E-state index in [0.29, 0.717) is 15.8 Å². The largest absolute Gasteiger partial charge is 0.416 e. The van der Waals surface area contributed by atoms with Gasteiger partial charge in [-0.1, -0.05) is 22.9 Å². The summed E-state index contributed by atoms with van der Waals surface area (Å²) in [6.45, 7) is 2.42. The summed E-state index contributed by atoms with van der Waals surface area (Å²) in [5.41, 5.74) is -0.841. The minimum atomic E-state index is -4.46. The molecule has 0 aromatic heterocycles. The third-order valence-electron chi connectivity index (χ3n) is 2.60. The van der Waals surface area contributed by atoms with Crippen LogP contribution in [0.15, 0.2) is 22.7 Å². The first-order valence-electron chi connectivity index (χ1n) is 6.01. The van der Waals surface area contributed by atoms with Crippen molar-refractivity contribution in [3.63, 3.8) is 0 Å². The topological polar surface area (TPSA) is 29.1 Å². The quantitative estimate of drug-likeness (QED) is 0.544. The second kappa shape index (κ2) is 7.45. The molecule has 7 heteroatoms. The van der Waals surface area contributed by atoms with Crippen LogP contribution >= 0.6 is 31.9 Å². The summed E-state index contributed by atoms with van der Waals surface area (Å²) in [4.78, 5) is 12.2. The van der Waals surface area contributed by atoms with Crippen molar-refractivity contribution in [2.45, 2.75) is 30.8 Å². The molecule has 0 aliphatic rings. The number of hydrogen-bond acceptors (Lipinski definition) is 1. The van der Waals surface area contributed by atoms with Crippen LogP contribution in [-0.2, 0) is 6.18 Å². The van der Waals surface area contributed by atoms with Gasteiger partial charge >= 0.3 is 6.18 Å². The molecule has 1 aromatic rings. The number of hydrogen-bond donors (Lipinski definition) is 1. The fourth-order valence-electron chi connectivity index (χ4n) is 1.56. The highest BCUT2D eigenvalue weighted by Crippen LogP contribution is 2.31. The normalized spacial score (nSPS) is 13.1. The molecule has 1 rings (SSSR count). The minimum Gasteiger partial charge on any atom is -0.352 e. The molecular formula is C13H14Br2F3NO. The standard InChI is InChI=1S/C13H14Br2F3NO/c1-8(14)3-2-6-19-12(20)10-7-9(13(16,17)18)4-5-11(10)15/h4-5,7-8H,2-3,6H2,1H3,(H,19,20). The molecule has 112 valence electrons. The SMILES string of the molecule is CC(Br)CCCNC(=O)c1cc(C(F)(F)F)ccc1Br. The lowest BCUT2D eigenvalue weighted by Gasteiger charge is -2.11. The van der Waals surface area contributed by atoms with E-state index in [-0.39, 0.29) is 5.56 Å². The van der Waals surface area contributed by atoms with Gasteiger partial charge < -0.3 is 5.32 Å². The van der Waals surface area contributed by atoms with E-state index in [9.17, 15) is 18.0 Å². The molecular weight excluding hydrogens is 403 g/mol. The Morgan fingerprint density at radius 1 is 1.40 bits per heavy atom. The average Bonchev–Trinajstić information content (AvgIpc) is 2.33. The summed E-state index contributed by atoms with van der Waals surface area (Å²) in [5, 5.41) is 2.62. The molecule has 0 heterocycles. The Kier molecular flexibility index (Phi) is 6.51. The summed E-state index contributed by atoms with van der Waals surface area (Å²) in [7, 11) is 0. The fourth-order valence-corrected chi connectivity index (χ4v) is 2.31. The van der Waals surface area contributed by atoms with E-state index >= 15 is 0 Å². The van der Waals surface area contributed by atoms with Gasteiger partial charge in [-0.15, -0.1) is 0 Å². The molecule has 0 saturated carbocycles. The first-order chi connectivity index (χ1) is 9.21. The molecule has 1 N–H and O–H groups in total. The molecule has 0 radical (unpaired) electrons. The lowest BCUT2D eigenvalue weighted by Crippen LogP contribution is -2.25. The lowest BCUT2D eigenvalue weighted by molar-refractivity contribution is -0.137. The maximum atomic E-state index is 12.6. The highest BCUT2D eigenvalue weighted by molar-refractivity contribution is 9.10. The van der Waals surface area contributed by atoms with Crippen molar-refractivity contribution in [1.82, 2.24) is 5.32 Å². The molecule has 20 heavy (non-hydrogen) atoms. The van der Waals surface area contributed by atoms with Gasteiger partial charge in [0.25, 0.3) is 5.91 Å². The highest BCUT2D eigenvalue weighted by atomic mass is 79.9. The first-order valence-corrected chi connectivity index (χ1v) is 7.71. The van der Waals surface area contributed by atoms with E-state index in [1.807, 2.05) is 6.92 Å². The zero-order chi connectivity index (χ0) is 15.3. The van der Waals surface area contributed by atoms with Crippen LogP contribution in [0.25, 0.3) is 0 Å². The van der Waals surface area contributed by atoms with Gasteiger partial charge in [0.15, 0.2) is 0 Å². The van der Waals surface area contributed by atoms with Crippen molar-refractivity contribution in [3.05, 3.63) is 33.8 Å². The van der Waals surface area contributed by atoms with E-state index in [4.69, 9.17) is 0 Å². The van der Waals surface area contributed by atoms with Gasteiger partial charge in [0.2, 0.25) is 0 Å². The molecule has 0 bridgehead atoms. The predicted octanol–water partition coefficient (Wildman–Crippen LogP) is 4.76. The Hall–Kier alpha value is -0.560. The number of halogens is 5. The van der Waals surface area contributed by atoms with Crippen molar-refractivity contribution in [3.8, 4) is 0 Å². The smallest absolute Gasteiger partial charge is 0.352 e. The van der Waals surface area contributed by atoms with E-state index < -0.39 is 17.6 Å². The van der Waals surface area contributed by atoms with Crippen molar-refractivity contribution in [2.24, 2.45) is 0 Å². The zero-order valence-electron chi connectivity index (χ0n) is 10.7. The maximum absolute atomic E-state index is 12.6. The van der Waals surface area contributed by atoms with Gasteiger partial charge in [-0.2, -0.15) is 13.2 Å². The second-order valence-electron chi connectivity index (χ2n) is 4.37. The number of nitrogens with one attached hydrogen (secondary N) is 1. The van der Waals surface area contributed by atoms with Crippen molar-refractivity contribution in [1.29, 1.82) is 0 Å². The van der Waals surface area contributed by atoms with Crippen LogP contribution in [0.2, 0.25) is 0 Å². The van der Waals surface area contributed by atoms with Gasteiger partial charge in [-0.05, 0) is 47.0 Å². The molecule has 0 fully saturated rings. The Labute approximate surface area is 132 Å². The average molecular weight is 417 g/mol. The van der Waals surface area contributed by atoms with E-state index in [2.05, 4.69) is 37.2 Å². The maximum Gasteiger partial charge on any atom is 0.416 e. The number of carbonyl (C=O) groups excluding carboxylic acids is 1. The van der Waals surface area contributed by atoms with Gasteiger partial charge in [0.1, 0.15) is 0 Å². The molecule has 1 atom stereocenters. The van der Waals surface area contributed by atoms with Gasteiger partial charge in [-0.3, -0.25) is 4.79 Å². The molecule has 0 saturated heterocycles. The Bertz CT molecular complexity index is 475. The molecule has 0 aliphatic carbocycles. The number of benzene rings is 1. The monoisotopic (exact) mass is 415 g/mol. The second-order valence-corrected chi connectivity index (χ2v) is 6.79. The number of carbonyl (C=O) groups is 1. The number of alkyl halides is 4. The van der Waals surface area contributed by atoms with E-state index in [1.54, 1.807) is 0 Å². The highest BCUT2D eigenvalue weighted by Gasteiger charge is 2.31.